The summed E-state index contributed by atoms with van der Waals surface area (Å²) in [6.45, 7) is -0.209. The maximum absolute atomic E-state index is 12.7. The van der Waals surface area contributed by atoms with Crippen molar-refractivity contribution in [2.75, 3.05) is 6.54 Å². The van der Waals surface area contributed by atoms with Crippen LogP contribution in [0.1, 0.15) is 36.2 Å². The second kappa shape index (κ2) is 5.47. The highest BCUT2D eigenvalue weighted by atomic mass is 19.4. The van der Waals surface area contributed by atoms with Crippen LogP contribution < -0.4 is 5.32 Å². The van der Waals surface area contributed by atoms with Crippen LogP contribution in [0.15, 0.2) is 22.8 Å². The van der Waals surface area contributed by atoms with Gasteiger partial charge in [-0.05, 0) is 37.8 Å². The highest BCUT2D eigenvalue weighted by molar-refractivity contribution is 5.91. The number of rotatable bonds is 3. The third kappa shape index (κ3) is 3.53. The average Bonchev–Trinajstić information content (AvgIpc) is 2.89. The highest BCUT2D eigenvalue weighted by Crippen LogP contribution is 2.41. The van der Waals surface area contributed by atoms with Gasteiger partial charge in [0.25, 0.3) is 5.91 Å². The maximum Gasteiger partial charge on any atom is 0.391 e. The number of aliphatic hydroxyl groups is 1. The SMILES string of the molecule is O=C(NC[C@@]1(O)CCC[C@@H](C(F)(F)F)C1)c1ccco1. The van der Waals surface area contributed by atoms with Crippen LogP contribution in [-0.4, -0.2) is 29.3 Å². The average molecular weight is 291 g/mol. The molecular weight excluding hydrogens is 275 g/mol. The van der Waals surface area contributed by atoms with Crippen LogP contribution in [0.5, 0.6) is 0 Å². The normalized spacial score (nSPS) is 27.3. The van der Waals surface area contributed by atoms with Crippen molar-refractivity contribution in [3.05, 3.63) is 24.2 Å². The Morgan fingerprint density at radius 3 is 2.90 bits per heavy atom. The third-order valence-corrected chi connectivity index (χ3v) is 3.61. The monoisotopic (exact) mass is 291 g/mol. The van der Waals surface area contributed by atoms with Crippen LogP contribution in [0.25, 0.3) is 0 Å². The van der Waals surface area contributed by atoms with E-state index in [9.17, 15) is 23.1 Å². The van der Waals surface area contributed by atoms with E-state index in [0.29, 0.717) is 0 Å². The van der Waals surface area contributed by atoms with Gasteiger partial charge in [0.1, 0.15) is 0 Å². The molecule has 0 aliphatic heterocycles. The quantitative estimate of drug-likeness (QED) is 0.899. The topological polar surface area (TPSA) is 62.5 Å². The molecule has 0 aromatic carbocycles. The summed E-state index contributed by atoms with van der Waals surface area (Å²) in [5.74, 6) is -1.99. The minimum absolute atomic E-state index is 0.0257. The van der Waals surface area contributed by atoms with E-state index in [-0.39, 0.29) is 38.0 Å². The summed E-state index contributed by atoms with van der Waals surface area (Å²) < 4.78 is 42.9. The number of carbonyl (C=O) groups is 1. The minimum atomic E-state index is -4.31. The van der Waals surface area contributed by atoms with Gasteiger partial charge in [-0.2, -0.15) is 13.2 Å². The molecule has 0 unspecified atom stereocenters. The zero-order valence-corrected chi connectivity index (χ0v) is 10.7. The summed E-state index contributed by atoms with van der Waals surface area (Å²) in [5.41, 5.74) is -1.51. The largest absolute Gasteiger partial charge is 0.459 e. The maximum atomic E-state index is 12.7. The number of alkyl halides is 3. The molecule has 1 aliphatic rings. The van der Waals surface area contributed by atoms with E-state index in [0.717, 1.165) is 0 Å². The molecule has 2 atom stereocenters. The standard InChI is InChI=1S/C13H16F3NO3/c14-13(15,16)9-3-1-5-12(19,7-9)8-17-11(18)10-4-2-6-20-10/h2,4,6,9,19H,1,3,5,7-8H2,(H,17,18)/t9-,12-/m1/s1. The Labute approximate surface area is 114 Å². The summed E-state index contributed by atoms with van der Waals surface area (Å²) in [4.78, 5) is 11.6. The molecule has 2 N–H and O–H groups in total. The Hall–Kier alpha value is -1.50. The molecule has 1 saturated carbocycles. The molecule has 0 bridgehead atoms. The molecule has 0 radical (unpaired) electrons. The smallest absolute Gasteiger partial charge is 0.391 e. The lowest BCUT2D eigenvalue weighted by atomic mass is 9.77. The van der Waals surface area contributed by atoms with Crippen molar-refractivity contribution in [1.82, 2.24) is 5.32 Å². The van der Waals surface area contributed by atoms with Crippen LogP contribution in [0.4, 0.5) is 13.2 Å². The van der Waals surface area contributed by atoms with Gasteiger partial charge >= 0.3 is 6.18 Å². The zero-order valence-electron chi connectivity index (χ0n) is 10.7. The number of nitrogens with one attached hydrogen (secondary N) is 1. The van der Waals surface area contributed by atoms with Crippen LogP contribution >= 0.6 is 0 Å². The summed E-state index contributed by atoms with van der Waals surface area (Å²) >= 11 is 0. The van der Waals surface area contributed by atoms with E-state index in [1.54, 1.807) is 0 Å². The van der Waals surface area contributed by atoms with Gasteiger partial charge in [0.05, 0.1) is 17.8 Å². The van der Waals surface area contributed by atoms with Crippen molar-refractivity contribution >= 4 is 5.91 Å². The predicted molar refractivity (Wildman–Crippen MR) is 64.0 cm³/mol. The molecule has 0 saturated heterocycles. The lowest BCUT2D eigenvalue weighted by Crippen LogP contribution is -2.48. The van der Waals surface area contributed by atoms with Gasteiger partial charge in [0.2, 0.25) is 0 Å². The number of hydrogen-bond donors (Lipinski definition) is 2. The molecule has 1 aromatic heterocycles. The fraction of sp³-hybridized carbons (Fsp3) is 0.615. The first-order chi connectivity index (χ1) is 9.30. The van der Waals surface area contributed by atoms with Gasteiger partial charge in [-0.25, -0.2) is 0 Å². The molecule has 7 heteroatoms. The van der Waals surface area contributed by atoms with Crippen molar-refractivity contribution in [3.8, 4) is 0 Å². The van der Waals surface area contributed by atoms with Crippen molar-refractivity contribution in [2.45, 2.75) is 37.5 Å². The molecule has 112 valence electrons. The number of furan rings is 1. The lowest BCUT2D eigenvalue weighted by Gasteiger charge is -2.37. The first kappa shape index (κ1) is 14.9. The second-order valence-electron chi connectivity index (χ2n) is 5.22. The van der Waals surface area contributed by atoms with Gasteiger partial charge in [-0.15, -0.1) is 0 Å². The van der Waals surface area contributed by atoms with E-state index in [2.05, 4.69) is 5.32 Å². The van der Waals surface area contributed by atoms with E-state index >= 15 is 0 Å². The predicted octanol–water partition coefficient (Wildman–Crippen LogP) is 2.49. The molecule has 1 aromatic rings. The van der Waals surface area contributed by atoms with Gasteiger partial charge < -0.3 is 14.8 Å². The highest BCUT2D eigenvalue weighted by Gasteiger charge is 2.47. The second-order valence-corrected chi connectivity index (χ2v) is 5.22. The molecule has 1 amide bonds. The van der Waals surface area contributed by atoms with E-state index in [1.165, 1.54) is 18.4 Å². The van der Waals surface area contributed by atoms with Crippen LogP contribution in [0.2, 0.25) is 0 Å². The Balaban J connectivity index is 1.92. The summed E-state index contributed by atoms with van der Waals surface area (Å²) in [6.07, 6.45) is -2.80. The molecule has 0 spiro atoms. The van der Waals surface area contributed by atoms with E-state index in [1.807, 2.05) is 0 Å². The van der Waals surface area contributed by atoms with Crippen molar-refractivity contribution in [3.63, 3.8) is 0 Å². The Morgan fingerprint density at radius 2 is 2.30 bits per heavy atom. The van der Waals surface area contributed by atoms with Crippen LogP contribution in [0, 0.1) is 5.92 Å². The number of amides is 1. The first-order valence-electron chi connectivity index (χ1n) is 6.41. The van der Waals surface area contributed by atoms with Crippen molar-refractivity contribution in [1.29, 1.82) is 0 Å². The molecule has 20 heavy (non-hydrogen) atoms. The van der Waals surface area contributed by atoms with Gasteiger partial charge in [0, 0.05) is 6.54 Å². The number of hydrogen-bond acceptors (Lipinski definition) is 3. The van der Waals surface area contributed by atoms with Gasteiger partial charge in [-0.1, -0.05) is 0 Å². The van der Waals surface area contributed by atoms with Gasteiger partial charge in [0.15, 0.2) is 5.76 Å². The Morgan fingerprint density at radius 1 is 1.55 bits per heavy atom. The van der Waals surface area contributed by atoms with E-state index in [4.69, 9.17) is 4.42 Å². The van der Waals surface area contributed by atoms with Crippen molar-refractivity contribution in [2.24, 2.45) is 5.92 Å². The lowest BCUT2D eigenvalue weighted by molar-refractivity contribution is -0.199. The molecular formula is C13H16F3NO3. The fourth-order valence-corrected chi connectivity index (χ4v) is 2.52. The summed E-state index contributed by atoms with van der Waals surface area (Å²) in [5, 5.41) is 12.6. The molecule has 1 aliphatic carbocycles. The van der Waals surface area contributed by atoms with E-state index < -0.39 is 23.6 Å². The molecule has 1 heterocycles. The van der Waals surface area contributed by atoms with Crippen LogP contribution in [-0.2, 0) is 0 Å². The fourth-order valence-electron chi connectivity index (χ4n) is 2.52. The molecule has 4 nitrogen and oxygen atoms in total. The minimum Gasteiger partial charge on any atom is -0.459 e. The summed E-state index contributed by atoms with van der Waals surface area (Å²) in [6, 6.07) is 2.97. The van der Waals surface area contributed by atoms with Crippen LogP contribution in [0.3, 0.4) is 0 Å². The Kier molecular flexibility index (Phi) is 4.08. The third-order valence-electron chi connectivity index (χ3n) is 3.61. The molecule has 1 fully saturated rings. The molecule has 2 rings (SSSR count). The summed E-state index contributed by atoms with van der Waals surface area (Å²) in [7, 11) is 0. The number of halogens is 3. The zero-order chi connectivity index (χ0) is 14.8. The number of carbonyl (C=O) groups excluding carboxylic acids is 1. The van der Waals surface area contributed by atoms with Gasteiger partial charge in [-0.3, -0.25) is 4.79 Å². The first-order valence-corrected chi connectivity index (χ1v) is 6.41. The van der Waals surface area contributed by atoms with Crippen molar-refractivity contribution < 1.29 is 27.5 Å². The Bertz CT molecular complexity index is 458.